The van der Waals surface area contributed by atoms with Gasteiger partial charge >= 0.3 is 29.6 Å². The molecule has 0 saturated carbocycles. The molecule has 2 rings (SSSR count). The minimum Gasteiger partial charge on any atom is -0.770 e. The molecule has 2 amide bonds. The number of amides is 2. The fourth-order valence-electron chi connectivity index (χ4n) is 1.99. The Hall–Kier alpha value is -0.180. The monoisotopic (exact) mass is 352 g/mol. The zero-order valence-electron chi connectivity index (χ0n) is 12.0. The first-order valence-electron chi connectivity index (χ1n) is 6.24. The second-order valence-corrected chi connectivity index (χ2v) is 8.12. The molecular weight excluding hydrogens is 338 g/mol. The van der Waals surface area contributed by atoms with Crippen LogP contribution in [0.4, 0.5) is 0 Å². The molecule has 1 atom stereocenters. The van der Waals surface area contributed by atoms with Crippen LogP contribution in [0.25, 0.3) is 0 Å². The van der Waals surface area contributed by atoms with Gasteiger partial charge in [-0.3, -0.25) is 19.1 Å². The molecule has 0 aromatic heterocycles. The molecule has 0 bridgehead atoms. The molecule has 22 heavy (non-hydrogen) atoms. The summed E-state index contributed by atoms with van der Waals surface area (Å²) in [7, 11) is 0. The van der Waals surface area contributed by atoms with Crippen LogP contribution < -0.4 is 39.8 Å². The van der Waals surface area contributed by atoms with Gasteiger partial charge in [0.2, 0.25) is 0 Å². The molecule has 0 saturated heterocycles. The maximum Gasteiger partial charge on any atom is 1.00 e. The van der Waals surface area contributed by atoms with Crippen molar-refractivity contribution in [1.82, 2.24) is 10.2 Å². The van der Waals surface area contributed by atoms with E-state index in [1.807, 2.05) is 0 Å². The third-order valence-corrected chi connectivity index (χ3v) is 5.16. The van der Waals surface area contributed by atoms with E-state index < -0.39 is 6.80 Å². The van der Waals surface area contributed by atoms with Crippen LogP contribution in [0.5, 0.6) is 0 Å². The van der Waals surface area contributed by atoms with Crippen LogP contribution >= 0.6 is 18.2 Å². The Morgan fingerprint density at radius 2 is 1.73 bits per heavy atom. The van der Waals surface area contributed by atoms with E-state index in [-0.39, 0.29) is 53.7 Å². The molecule has 0 fully saturated rings. The summed E-state index contributed by atoms with van der Waals surface area (Å²) in [5.41, 5.74) is 0.816. The largest absolute Gasteiger partial charge is 1.00 e. The average molecular weight is 352 g/mol. The average Bonchev–Trinajstić information content (AvgIpc) is 2.66. The predicted octanol–water partition coefficient (Wildman–Crippen LogP) is -2.93. The Bertz CT molecular complexity index is 574. The van der Waals surface area contributed by atoms with Gasteiger partial charge in [0, 0.05) is 25.4 Å². The van der Waals surface area contributed by atoms with Crippen molar-refractivity contribution in [3.8, 4) is 0 Å². The molecule has 1 aromatic carbocycles. The Balaban J connectivity index is 0.00000242. The summed E-state index contributed by atoms with van der Waals surface area (Å²) in [5, 5.41) is 2.91. The fourth-order valence-corrected chi connectivity index (χ4v) is 3.42. The van der Waals surface area contributed by atoms with Gasteiger partial charge in [0.1, 0.15) is 0 Å². The van der Waals surface area contributed by atoms with E-state index in [1.54, 1.807) is 24.3 Å². The molecule has 1 aliphatic heterocycles. The van der Waals surface area contributed by atoms with Gasteiger partial charge in [0.25, 0.3) is 11.8 Å². The van der Waals surface area contributed by atoms with Crippen molar-refractivity contribution in [3.05, 3.63) is 35.4 Å². The summed E-state index contributed by atoms with van der Waals surface area (Å²) in [5.74, 6) is -0.434. The standard InChI is InChI=1S/C12H15N2O5PS.Na/c15-11-9-3-1-2-4-10(9)12(16)14(11)7-5-13-6-8-21-20(17,18)19;/h1-4,13H,5-8H2,(H2,17,18,19);/q;+1/p-1. The Morgan fingerprint density at radius 3 is 2.23 bits per heavy atom. The van der Waals surface area contributed by atoms with Gasteiger partial charge < -0.3 is 15.1 Å². The molecule has 1 aliphatic rings. The number of carbonyl (C=O) groups is 2. The SMILES string of the molecule is O=C1c2ccccc2C(=O)N1CCNCCSP(=O)([O-])O.[Na+]. The van der Waals surface area contributed by atoms with Crippen LogP contribution in [0, 0.1) is 0 Å². The molecule has 0 spiro atoms. The summed E-state index contributed by atoms with van der Waals surface area (Å²) in [6.45, 7) is -3.36. The Labute approximate surface area is 154 Å². The second kappa shape index (κ2) is 8.61. The van der Waals surface area contributed by atoms with Gasteiger partial charge in [-0.1, -0.05) is 23.5 Å². The van der Waals surface area contributed by atoms with Gasteiger partial charge in [0.15, 0.2) is 6.80 Å². The normalized spacial score (nSPS) is 16.2. The predicted molar refractivity (Wildman–Crippen MR) is 77.0 cm³/mol. The number of imide groups is 1. The van der Waals surface area contributed by atoms with Crippen LogP contribution in [-0.4, -0.2) is 47.0 Å². The van der Waals surface area contributed by atoms with E-state index in [0.29, 0.717) is 35.6 Å². The fraction of sp³-hybridized carbons (Fsp3) is 0.333. The smallest absolute Gasteiger partial charge is 0.770 e. The maximum absolute atomic E-state index is 12.0. The number of nitrogens with zero attached hydrogens (tertiary/aromatic N) is 1. The molecular formula is C12H14N2NaO5PS. The maximum atomic E-state index is 12.0. The number of benzene rings is 1. The summed E-state index contributed by atoms with van der Waals surface area (Å²) in [4.78, 5) is 44.3. The van der Waals surface area contributed by atoms with E-state index in [1.165, 1.54) is 0 Å². The number of hydrogen-bond donors (Lipinski definition) is 2. The third-order valence-electron chi connectivity index (χ3n) is 2.92. The zero-order chi connectivity index (χ0) is 15.5. The zero-order valence-corrected chi connectivity index (χ0v) is 15.7. The van der Waals surface area contributed by atoms with Crippen molar-refractivity contribution in [2.24, 2.45) is 0 Å². The summed E-state index contributed by atoms with van der Waals surface area (Å²) >= 11 is 0.453. The quantitative estimate of drug-likeness (QED) is 0.234. The van der Waals surface area contributed by atoms with E-state index in [0.717, 1.165) is 4.90 Å². The van der Waals surface area contributed by atoms with Crippen molar-refractivity contribution in [2.45, 2.75) is 0 Å². The number of fused-ring (bicyclic) bond motifs is 1. The number of carbonyl (C=O) groups excluding carboxylic acids is 2. The molecule has 2 N–H and O–H groups in total. The van der Waals surface area contributed by atoms with Gasteiger partial charge in [-0.15, -0.1) is 0 Å². The van der Waals surface area contributed by atoms with Gasteiger partial charge in [-0.2, -0.15) is 0 Å². The molecule has 114 valence electrons. The van der Waals surface area contributed by atoms with Crippen LogP contribution in [0.15, 0.2) is 24.3 Å². The molecule has 1 heterocycles. The first kappa shape index (κ1) is 19.9. The van der Waals surface area contributed by atoms with Crippen molar-refractivity contribution in [3.63, 3.8) is 0 Å². The summed E-state index contributed by atoms with van der Waals surface area (Å²) < 4.78 is 10.5. The van der Waals surface area contributed by atoms with Crippen LogP contribution in [0.2, 0.25) is 0 Å². The van der Waals surface area contributed by atoms with Crippen LogP contribution in [0.3, 0.4) is 0 Å². The van der Waals surface area contributed by atoms with Crippen molar-refractivity contribution >= 4 is 30.0 Å². The number of rotatable bonds is 7. The van der Waals surface area contributed by atoms with Gasteiger partial charge in [-0.25, -0.2) is 0 Å². The van der Waals surface area contributed by atoms with Gasteiger partial charge in [-0.05, 0) is 12.1 Å². The summed E-state index contributed by atoms with van der Waals surface area (Å²) in [6.07, 6.45) is 0. The minimum absolute atomic E-state index is 0. The van der Waals surface area contributed by atoms with Crippen molar-refractivity contribution in [1.29, 1.82) is 0 Å². The first-order valence-corrected chi connectivity index (χ1v) is 9.41. The van der Waals surface area contributed by atoms with Crippen molar-refractivity contribution in [2.75, 3.05) is 25.4 Å². The van der Waals surface area contributed by atoms with Crippen LogP contribution in [0.1, 0.15) is 20.7 Å². The van der Waals surface area contributed by atoms with Gasteiger partial charge in [0.05, 0.1) is 11.1 Å². The topological polar surface area (TPSA) is 110 Å². The van der Waals surface area contributed by atoms with Crippen molar-refractivity contribution < 1.29 is 53.5 Å². The second-order valence-electron chi connectivity index (χ2n) is 4.36. The molecule has 10 heteroatoms. The Morgan fingerprint density at radius 1 is 1.18 bits per heavy atom. The van der Waals surface area contributed by atoms with Crippen LogP contribution in [-0.2, 0) is 4.57 Å². The molecule has 0 aliphatic carbocycles. The molecule has 0 radical (unpaired) electrons. The van der Waals surface area contributed by atoms with E-state index >= 15 is 0 Å². The first-order chi connectivity index (χ1) is 9.90. The molecule has 7 nitrogen and oxygen atoms in total. The molecule has 1 unspecified atom stereocenters. The van der Waals surface area contributed by atoms with E-state index in [4.69, 9.17) is 4.89 Å². The number of nitrogens with one attached hydrogen (secondary N) is 1. The van der Waals surface area contributed by atoms with E-state index in [9.17, 15) is 19.0 Å². The Kier molecular flexibility index (Phi) is 7.78. The number of hydrogen-bond acceptors (Lipinski definition) is 6. The minimum atomic E-state index is -4.29. The third kappa shape index (κ3) is 5.18. The molecule has 1 aromatic rings. The van der Waals surface area contributed by atoms with E-state index in [2.05, 4.69) is 5.32 Å². The summed E-state index contributed by atoms with van der Waals surface area (Å²) in [6, 6.07) is 6.65.